The number of amides is 2. The van der Waals surface area contributed by atoms with Gasteiger partial charge in [-0.05, 0) is 50.1 Å². The average molecular weight is 428 g/mol. The van der Waals surface area contributed by atoms with Crippen LogP contribution in [-0.2, 0) is 9.53 Å². The minimum absolute atomic E-state index is 0.156. The number of hydrogen-bond acceptors (Lipinski definition) is 6. The van der Waals surface area contributed by atoms with Crippen molar-refractivity contribution in [2.24, 2.45) is 0 Å². The molecule has 2 heterocycles. The summed E-state index contributed by atoms with van der Waals surface area (Å²) in [6.07, 6.45) is 0.156. The summed E-state index contributed by atoms with van der Waals surface area (Å²) < 4.78 is 6.27. The van der Waals surface area contributed by atoms with Gasteiger partial charge in [0.2, 0.25) is 0 Å². The van der Waals surface area contributed by atoms with Crippen molar-refractivity contribution >= 4 is 17.8 Å². The molecule has 1 aromatic heterocycles. The number of carbonyl (C=O) groups is 2. The number of aromatic nitrogens is 2. The number of anilines is 1. The molecular weight excluding hydrogens is 398 g/mol. The topological polar surface area (TPSA) is 96.8 Å². The minimum atomic E-state index is -0.322. The molecular formula is C22H29N5O4. The Morgan fingerprint density at radius 1 is 1.06 bits per heavy atom. The molecule has 1 N–H and O–H groups in total. The van der Waals surface area contributed by atoms with Crippen LogP contribution in [-0.4, -0.2) is 66.0 Å². The molecule has 0 spiro atoms. The quantitative estimate of drug-likeness (QED) is 0.704. The first-order valence-corrected chi connectivity index (χ1v) is 10.5. The van der Waals surface area contributed by atoms with E-state index >= 15 is 0 Å². The normalized spacial score (nSPS) is 13.8. The van der Waals surface area contributed by atoms with Crippen molar-refractivity contribution in [2.45, 2.75) is 27.2 Å². The van der Waals surface area contributed by atoms with Crippen LogP contribution >= 0.6 is 0 Å². The number of carbonyl (C=O) groups excluding carboxylic acids is 2. The van der Waals surface area contributed by atoms with E-state index in [1.165, 1.54) is 10.7 Å². The van der Waals surface area contributed by atoms with Gasteiger partial charge in [0, 0.05) is 38.8 Å². The van der Waals surface area contributed by atoms with Crippen LogP contribution in [0.25, 0.3) is 5.69 Å². The van der Waals surface area contributed by atoms with Crippen molar-refractivity contribution in [1.29, 1.82) is 0 Å². The molecule has 1 aliphatic heterocycles. The predicted octanol–water partition coefficient (Wildman–Crippen LogP) is 1.63. The Hall–Kier alpha value is -3.36. The minimum Gasteiger partial charge on any atom is -0.466 e. The molecule has 0 saturated carbocycles. The number of nitrogens with one attached hydrogen (secondary N) is 1. The maximum atomic E-state index is 12.4. The van der Waals surface area contributed by atoms with Gasteiger partial charge in [0.1, 0.15) is 5.82 Å². The van der Waals surface area contributed by atoms with E-state index in [9.17, 15) is 14.4 Å². The second kappa shape index (κ2) is 10.1. The number of piperazine rings is 1. The maximum absolute atomic E-state index is 12.4. The molecule has 3 rings (SSSR count). The zero-order chi connectivity index (χ0) is 22.4. The molecule has 0 unspecified atom stereocenters. The number of ether oxygens (including phenoxy) is 1. The van der Waals surface area contributed by atoms with E-state index in [0.29, 0.717) is 38.6 Å². The molecule has 2 aromatic rings. The van der Waals surface area contributed by atoms with Gasteiger partial charge in [0.15, 0.2) is 0 Å². The van der Waals surface area contributed by atoms with Gasteiger partial charge in [-0.25, -0.2) is 4.79 Å². The second-order valence-electron chi connectivity index (χ2n) is 7.47. The van der Waals surface area contributed by atoms with Crippen LogP contribution < -0.4 is 15.8 Å². The number of hydrogen-bond donors (Lipinski definition) is 1. The molecule has 166 valence electrons. The highest BCUT2D eigenvalue weighted by molar-refractivity contribution is 5.76. The highest BCUT2D eigenvalue weighted by Gasteiger charge is 2.22. The number of nitrogens with zero attached hydrogens (tertiary/aromatic N) is 4. The van der Waals surface area contributed by atoms with Gasteiger partial charge in [-0.2, -0.15) is 4.68 Å². The van der Waals surface area contributed by atoms with Crippen molar-refractivity contribution in [2.75, 3.05) is 44.2 Å². The Kier molecular flexibility index (Phi) is 7.28. The van der Waals surface area contributed by atoms with Crippen molar-refractivity contribution in [3.8, 4) is 5.69 Å². The molecule has 9 nitrogen and oxygen atoms in total. The average Bonchev–Trinajstić information content (AvgIpc) is 2.76. The third kappa shape index (κ3) is 5.62. The fourth-order valence-corrected chi connectivity index (χ4v) is 3.37. The third-order valence-electron chi connectivity index (χ3n) is 5.32. The van der Waals surface area contributed by atoms with Crippen molar-refractivity contribution < 1.29 is 14.3 Å². The summed E-state index contributed by atoms with van der Waals surface area (Å²) in [6.45, 7) is 8.61. The molecule has 2 amide bonds. The summed E-state index contributed by atoms with van der Waals surface area (Å²) >= 11 is 0. The summed E-state index contributed by atoms with van der Waals surface area (Å²) in [6, 6.07) is 8.86. The summed E-state index contributed by atoms with van der Waals surface area (Å²) in [5, 5.41) is 7.30. The van der Waals surface area contributed by atoms with E-state index in [2.05, 4.69) is 15.3 Å². The van der Waals surface area contributed by atoms with Crippen LogP contribution in [0.15, 0.2) is 35.1 Å². The van der Waals surface area contributed by atoms with Crippen LogP contribution in [0.4, 0.5) is 10.6 Å². The highest BCUT2D eigenvalue weighted by Crippen LogP contribution is 2.15. The van der Waals surface area contributed by atoms with Crippen molar-refractivity contribution in [3.05, 3.63) is 51.8 Å². The first-order chi connectivity index (χ1) is 14.9. The van der Waals surface area contributed by atoms with Gasteiger partial charge >= 0.3 is 12.0 Å². The van der Waals surface area contributed by atoms with Crippen LogP contribution in [0.1, 0.15) is 24.5 Å². The number of benzene rings is 1. The maximum Gasteiger partial charge on any atom is 0.317 e. The Morgan fingerprint density at radius 3 is 2.48 bits per heavy atom. The fraction of sp³-hybridized carbons (Fsp3) is 0.455. The Morgan fingerprint density at radius 2 is 1.81 bits per heavy atom. The van der Waals surface area contributed by atoms with Crippen LogP contribution in [0.3, 0.4) is 0 Å². The van der Waals surface area contributed by atoms with Gasteiger partial charge in [0.25, 0.3) is 5.56 Å². The number of aryl methyl sites for hydroxylation is 2. The van der Waals surface area contributed by atoms with Gasteiger partial charge in [0.05, 0.1) is 18.7 Å². The monoisotopic (exact) mass is 427 g/mol. The first-order valence-electron chi connectivity index (χ1n) is 10.5. The molecule has 31 heavy (non-hydrogen) atoms. The van der Waals surface area contributed by atoms with Crippen LogP contribution in [0.5, 0.6) is 0 Å². The zero-order valence-electron chi connectivity index (χ0n) is 18.3. The smallest absolute Gasteiger partial charge is 0.317 e. The molecule has 1 fully saturated rings. The lowest BCUT2D eigenvalue weighted by Crippen LogP contribution is -2.52. The van der Waals surface area contributed by atoms with E-state index in [1.807, 2.05) is 32.0 Å². The van der Waals surface area contributed by atoms with Crippen molar-refractivity contribution in [3.63, 3.8) is 0 Å². The van der Waals surface area contributed by atoms with Gasteiger partial charge in [-0.3, -0.25) is 9.59 Å². The van der Waals surface area contributed by atoms with E-state index < -0.39 is 0 Å². The number of esters is 1. The molecule has 1 aromatic carbocycles. The van der Waals surface area contributed by atoms with E-state index in [-0.39, 0.29) is 30.5 Å². The standard InChI is InChI=1S/C22H29N5O4/c1-4-31-21(29)9-10-23-22(30)26-13-11-25(12-14-26)19-7-8-20(28)27(24-19)18-6-5-16(2)17(3)15-18/h5-8,15H,4,9-14H2,1-3H3,(H,23,30). The van der Waals surface area contributed by atoms with Crippen LogP contribution in [0, 0.1) is 13.8 Å². The lowest BCUT2D eigenvalue weighted by molar-refractivity contribution is -0.142. The zero-order valence-corrected chi connectivity index (χ0v) is 18.3. The van der Waals surface area contributed by atoms with Gasteiger partial charge in [-0.1, -0.05) is 6.07 Å². The largest absolute Gasteiger partial charge is 0.466 e. The molecule has 1 aliphatic rings. The number of urea groups is 1. The third-order valence-corrected chi connectivity index (χ3v) is 5.32. The van der Waals surface area contributed by atoms with Gasteiger partial charge < -0.3 is 19.9 Å². The fourth-order valence-electron chi connectivity index (χ4n) is 3.37. The van der Waals surface area contributed by atoms with Gasteiger partial charge in [-0.15, -0.1) is 5.10 Å². The second-order valence-corrected chi connectivity index (χ2v) is 7.47. The Bertz CT molecular complexity index is 996. The Labute approximate surface area is 181 Å². The molecule has 0 radical (unpaired) electrons. The predicted molar refractivity (Wildman–Crippen MR) is 118 cm³/mol. The van der Waals surface area contributed by atoms with Crippen LogP contribution in [0.2, 0.25) is 0 Å². The van der Waals surface area contributed by atoms with Crippen molar-refractivity contribution in [1.82, 2.24) is 20.0 Å². The number of rotatable bonds is 6. The van der Waals surface area contributed by atoms with E-state index in [0.717, 1.165) is 16.8 Å². The summed E-state index contributed by atoms with van der Waals surface area (Å²) in [4.78, 5) is 39.8. The molecule has 1 saturated heterocycles. The molecule has 0 atom stereocenters. The lowest BCUT2D eigenvalue weighted by atomic mass is 10.1. The SMILES string of the molecule is CCOC(=O)CCNC(=O)N1CCN(c2ccc(=O)n(-c3ccc(C)c(C)c3)n2)CC1. The first kappa shape index (κ1) is 22.3. The molecule has 9 heteroatoms. The molecule has 0 bridgehead atoms. The lowest BCUT2D eigenvalue weighted by Gasteiger charge is -2.35. The van der Waals surface area contributed by atoms with E-state index in [1.54, 1.807) is 17.9 Å². The van der Waals surface area contributed by atoms with E-state index in [4.69, 9.17) is 4.74 Å². The summed E-state index contributed by atoms with van der Waals surface area (Å²) in [5.41, 5.74) is 2.80. The summed E-state index contributed by atoms with van der Waals surface area (Å²) in [5.74, 6) is 0.373. The Balaban J connectivity index is 1.59. The summed E-state index contributed by atoms with van der Waals surface area (Å²) in [7, 11) is 0. The molecule has 0 aliphatic carbocycles. The highest BCUT2D eigenvalue weighted by atomic mass is 16.5.